The molecule has 0 amide bonds. The molecule has 0 saturated heterocycles. The maximum absolute atomic E-state index is 13.4. The SMILES string of the molecule is N#Cc1cc(F)ccc1-c1cccc(-c2ccnc3nc(C(F)(F)F)ccc23)c1. The molecule has 29 heavy (non-hydrogen) atoms. The summed E-state index contributed by atoms with van der Waals surface area (Å²) in [6.45, 7) is 0. The standard InChI is InChI=1S/C22H11F4N3/c23-16-4-5-17(15(11-16)12-27)13-2-1-3-14(10-13)18-8-9-28-21-19(18)6-7-20(29-21)22(24,25)26/h1-11H. The van der Waals surface area contributed by atoms with Crippen LogP contribution in [0.25, 0.3) is 33.3 Å². The summed E-state index contributed by atoms with van der Waals surface area (Å²) in [5, 5.41) is 9.77. The van der Waals surface area contributed by atoms with Crippen LogP contribution in [0, 0.1) is 17.1 Å². The highest BCUT2D eigenvalue weighted by molar-refractivity contribution is 5.93. The topological polar surface area (TPSA) is 49.6 Å². The van der Waals surface area contributed by atoms with Gasteiger partial charge in [0.1, 0.15) is 11.5 Å². The second kappa shape index (κ2) is 6.99. The van der Waals surface area contributed by atoms with Crippen molar-refractivity contribution in [2.45, 2.75) is 6.18 Å². The molecular formula is C22H11F4N3. The number of aromatic nitrogens is 2. The van der Waals surface area contributed by atoms with Crippen molar-refractivity contribution in [2.24, 2.45) is 0 Å². The lowest BCUT2D eigenvalue weighted by Gasteiger charge is -2.11. The number of nitrogens with zero attached hydrogens (tertiary/aromatic N) is 3. The molecule has 4 rings (SSSR count). The fourth-order valence-corrected chi connectivity index (χ4v) is 3.15. The number of fused-ring (bicyclic) bond motifs is 1. The Morgan fingerprint density at radius 1 is 0.862 bits per heavy atom. The van der Waals surface area contributed by atoms with E-state index in [4.69, 9.17) is 0 Å². The molecule has 0 fully saturated rings. The van der Waals surface area contributed by atoms with Gasteiger partial charge in [0.05, 0.1) is 11.6 Å². The molecule has 142 valence electrons. The van der Waals surface area contributed by atoms with Gasteiger partial charge in [-0.25, -0.2) is 14.4 Å². The fourth-order valence-electron chi connectivity index (χ4n) is 3.15. The molecule has 2 aromatic carbocycles. The highest BCUT2D eigenvalue weighted by Gasteiger charge is 2.32. The zero-order valence-electron chi connectivity index (χ0n) is 14.7. The van der Waals surface area contributed by atoms with E-state index in [0.717, 1.165) is 12.1 Å². The minimum Gasteiger partial charge on any atom is -0.237 e. The molecule has 0 aliphatic rings. The molecule has 0 spiro atoms. The first kappa shape index (κ1) is 18.6. The van der Waals surface area contributed by atoms with Crippen molar-refractivity contribution < 1.29 is 17.6 Å². The summed E-state index contributed by atoms with van der Waals surface area (Å²) in [7, 11) is 0. The maximum atomic E-state index is 13.4. The number of alkyl halides is 3. The smallest absolute Gasteiger partial charge is 0.237 e. The quantitative estimate of drug-likeness (QED) is 0.393. The summed E-state index contributed by atoms with van der Waals surface area (Å²) < 4.78 is 52.2. The number of nitriles is 1. The summed E-state index contributed by atoms with van der Waals surface area (Å²) in [4.78, 5) is 7.59. The van der Waals surface area contributed by atoms with Crippen LogP contribution in [0.4, 0.5) is 17.6 Å². The molecule has 0 atom stereocenters. The largest absolute Gasteiger partial charge is 0.433 e. The number of pyridine rings is 2. The normalized spacial score (nSPS) is 11.4. The molecule has 0 radical (unpaired) electrons. The van der Waals surface area contributed by atoms with E-state index < -0.39 is 17.7 Å². The Kier molecular flexibility index (Phi) is 4.47. The molecule has 0 N–H and O–H groups in total. The van der Waals surface area contributed by atoms with Gasteiger partial charge in [0.2, 0.25) is 0 Å². The van der Waals surface area contributed by atoms with Gasteiger partial charge in [0, 0.05) is 11.6 Å². The Balaban J connectivity index is 1.86. The molecule has 7 heteroatoms. The third-order valence-corrected chi connectivity index (χ3v) is 4.48. The van der Waals surface area contributed by atoms with Gasteiger partial charge in [0.25, 0.3) is 0 Å². The lowest BCUT2D eigenvalue weighted by atomic mass is 9.95. The Morgan fingerprint density at radius 2 is 1.62 bits per heavy atom. The molecule has 0 bridgehead atoms. The van der Waals surface area contributed by atoms with Crippen molar-refractivity contribution in [1.82, 2.24) is 9.97 Å². The summed E-state index contributed by atoms with van der Waals surface area (Å²) in [6.07, 6.45) is -3.15. The predicted octanol–water partition coefficient (Wildman–Crippen LogP) is 5.99. The monoisotopic (exact) mass is 393 g/mol. The second-order valence-electron chi connectivity index (χ2n) is 6.31. The van der Waals surface area contributed by atoms with Crippen molar-refractivity contribution in [3.8, 4) is 28.3 Å². The number of hydrogen-bond acceptors (Lipinski definition) is 3. The van der Waals surface area contributed by atoms with Crippen molar-refractivity contribution in [1.29, 1.82) is 5.26 Å². The van der Waals surface area contributed by atoms with Crippen LogP contribution in [-0.2, 0) is 6.18 Å². The van der Waals surface area contributed by atoms with Crippen molar-refractivity contribution in [3.05, 3.63) is 83.9 Å². The minimum atomic E-state index is -4.55. The Morgan fingerprint density at radius 3 is 2.34 bits per heavy atom. The summed E-state index contributed by atoms with van der Waals surface area (Å²) in [6, 6.07) is 17.0. The molecular weight excluding hydrogens is 382 g/mol. The minimum absolute atomic E-state index is 0.0118. The van der Waals surface area contributed by atoms with E-state index in [2.05, 4.69) is 9.97 Å². The predicted molar refractivity (Wildman–Crippen MR) is 100 cm³/mol. The van der Waals surface area contributed by atoms with E-state index in [1.807, 2.05) is 6.07 Å². The van der Waals surface area contributed by atoms with Crippen LogP contribution < -0.4 is 0 Å². The Hall–Kier alpha value is -3.79. The molecule has 4 aromatic rings. The Bertz CT molecular complexity index is 1270. The molecule has 2 aromatic heterocycles. The zero-order valence-corrected chi connectivity index (χ0v) is 14.7. The van der Waals surface area contributed by atoms with Gasteiger partial charge in [-0.1, -0.05) is 24.3 Å². The van der Waals surface area contributed by atoms with Gasteiger partial charge in [-0.05, 0) is 58.7 Å². The highest BCUT2D eigenvalue weighted by Crippen LogP contribution is 2.34. The summed E-state index contributed by atoms with van der Waals surface area (Å²) >= 11 is 0. The molecule has 0 aliphatic heterocycles. The lowest BCUT2D eigenvalue weighted by Crippen LogP contribution is -2.08. The van der Waals surface area contributed by atoms with Gasteiger partial charge in [-0.2, -0.15) is 18.4 Å². The summed E-state index contributed by atoms with van der Waals surface area (Å²) in [5.41, 5.74) is 1.78. The van der Waals surface area contributed by atoms with Crippen LogP contribution in [0.2, 0.25) is 0 Å². The van der Waals surface area contributed by atoms with Crippen molar-refractivity contribution in [2.75, 3.05) is 0 Å². The van der Waals surface area contributed by atoms with Crippen LogP contribution in [0.3, 0.4) is 0 Å². The van der Waals surface area contributed by atoms with Crippen LogP contribution in [-0.4, -0.2) is 9.97 Å². The Labute approximate surface area is 162 Å². The van der Waals surface area contributed by atoms with E-state index in [1.165, 1.54) is 24.4 Å². The van der Waals surface area contributed by atoms with E-state index in [0.29, 0.717) is 27.6 Å². The van der Waals surface area contributed by atoms with Crippen molar-refractivity contribution in [3.63, 3.8) is 0 Å². The lowest BCUT2D eigenvalue weighted by molar-refractivity contribution is -0.141. The van der Waals surface area contributed by atoms with E-state index >= 15 is 0 Å². The van der Waals surface area contributed by atoms with Crippen LogP contribution in [0.1, 0.15) is 11.3 Å². The van der Waals surface area contributed by atoms with Gasteiger partial charge >= 0.3 is 6.18 Å². The number of rotatable bonds is 2. The average molecular weight is 393 g/mol. The molecule has 3 nitrogen and oxygen atoms in total. The average Bonchev–Trinajstić information content (AvgIpc) is 2.72. The molecule has 0 saturated carbocycles. The van der Waals surface area contributed by atoms with E-state index in [9.17, 15) is 22.8 Å². The highest BCUT2D eigenvalue weighted by atomic mass is 19.4. The molecule has 0 unspecified atom stereocenters. The number of halogens is 4. The van der Waals surface area contributed by atoms with Crippen LogP contribution in [0.5, 0.6) is 0 Å². The van der Waals surface area contributed by atoms with E-state index in [-0.39, 0.29) is 11.2 Å². The third kappa shape index (κ3) is 3.52. The van der Waals surface area contributed by atoms with Gasteiger partial charge in [0.15, 0.2) is 5.65 Å². The zero-order chi connectivity index (χ0) is 20.6. The number of hydrogen-bond donors (Lipinski definition) is 0. The van der Waals surface area contributed by atoms with Crippen LogP contribution >= 0.6 is 0 Å². The van der Waals surface area contributed by atoms with Gasteiger partial charge < -0.3 is 0 Å². The maximum Gasteiger partial charge on any atom is 0.433 e. The summed E-state index contributed by atoms with van der Waals surface area (Å²) in [5.74, 6) is -0.506. The van der Waals surface area contributed by atoms with Crippen molar-refractivity contribution >= 4 is 11.0 Å². The van der Waals surface area contributed by atoms with Gasteiger partial charge in [-0.15, -0.1) is 0 Å². The first-order valence-electron chi connectivity index (χ1n) is 8.50. The third-order valence-electron chi connectivity index (χ3n) is 4.48. The second-order valence-corrected chi connectivity index (χ2v) is 6.31. The first-order valence-corrected chi connectivity index (χ1v) is 8.50. The fraction of sp³-hybridized carbons (Fsp3) is 0.0455. The first-order chi connectivity index (χ1) is 13.9. The molecule has 0 aliphatic carbocycles. The van der Waals surface area contributed by atoms with E-state index in [1.54, 1.807) is 30.3 Å². The molecule has 2 heterocycles. The van der Waals surface area contributed by atoms with Crippen LogP contribution in [0.15, 0.2) is 66.9 Å². The number of benzene rings is 2. The van der Waals surface area contributed by atoms with Gasteiger partial charge in [-0.3, -0.25) is 0 Å².